The van der Waals surface area contributed by atoms with Crippen LogP contribution in [0.5, 0.6) is 0 Å². The lowest BCUT2D eigenvalue weighted by atomic mass is 10.2. The fraction of sp³-hybridized carbons (Fsp3) is 0.294. The lowest BCUT2D eigenvalue weighted by molar-refractivity contribution is -0.127. The van der Waals surface area contributed by atoms with Gasteiger partial charge in [0.2, 0.25) is 5.91 Å². The monoisotopic (exact) mass is 378 g/mol. The van der Waals surface area contributed by atoms with Gasteiger partial charge in [-0.1, -0.05) is 22.0 Å². The summed E-state index contributed by atoms with van der Waals surface area (Å²) in [5.74, 6) is 0.543. The molecule has 0 bridgehead atoms. The number of benzene rings is 1. The van der Waals surface area contributed by atoms with Crippen molar-refractivity contribution in [3.63, 3.8) is 0 Å². The topological polar surface area (TPSA) is 33.2 Å². The number of carbonyl (C=O) groups excluding carboxylic acids is 1. The van der Waals surface area contributed by atoms with E-state index in [0.29, 0.717) is 12.3 Å². The number of nitrogens with zero attached hydrogens (tertiary/aromatic N) is 2. The van der Waals surface area contributed by atoms with Gasteiger partial charge in [0, 0.05) is 22.6 Å². The van der Waals surface area contributed by atoms with Crippen LogP contribution in [0.3, 0.4) is 0 Å². The smallest absolute Gasteiger partial charge is 0.233 e. The minimum absolute atomic E-state index is 0.107. The number of carbonyl (C=O) groups is 1. The van der Waals surface area contributed by atoms with E-state index in [9.17, 15) is 4.79 Å². The number of pyridine rings is 1. The molecule has 0 aliphatic heterocycles. The molecule has 0 atom stereocenters. The summed E-state index contributed by atoms with van der Waals surface area (Å²) in [5.41, 5.74) is 3.27. The van der Waals surface area contributed by atoms with E-state index in [-0.39, 0.29) is 5.91 Å². The summed E-state index contributed by atoms with van der Waals surface area (Å²) in [4.78, 5) is 19.4. The fourth-order valence-electron chi connectivity index (χ4n) is 1.98. The van der Waals surface area contributed by atoms with Crippen molar-refractivity contribution in [3.8, 4) is 0 Å². The number of hydrogen-bond acceptors (Lipinski definition) is 3. The molecular weight excluding hydrogens is 360 g/mol. The largest absolute Gasteiger partial charge is 0.339 e. The Labute approximate surface area is 144 Å². The van der Waals surface area contributed by atoms with Gasteiger partial charge in [-0.25, -0.2) is 0 Å². The summed E-state index contributed by atoms with van der Waals surface area (Å²) in [6.45, 7) is 4.66. The van der Waals surface area contributed by atoms with Gasteiger partial charge in [-0.15, -0.1) is 11.8 Å². The second kappa shape index (κ2) is 7.79. The fourth-order valence-corrected chi connectivity index (χ4v) is 3.49. The highest BCUT2D eigenvalue weighted by Crippen LogP contribution is 2.28. The van der Waals surface area contributed by atoms with Crippen LogP contribution in [-0.4, -0.2) is 28.6 Å². The molecule has 5 heteroatoms. The summed E-state index contributed by atoms with van der Waals surface area (Å²) >= 11 is 5.11. The van der Waals surface area contributed by atoms with Gasteiger partial charge in [0.25, 0.3) is 0 Å². The Kier molecular flexibility index (Phi) is 6.03. The molecule has 0 aliphatic rings. The van der Waals surface area contributed by atoms with Gasteiger partial charge >= 0.3 is 0 Å². The Morgan fingerprint density at radius 3 is 2.73 bits per heavy atom. The number of aryl methyl sites for hydroxylation is 2. The third-order valence-electron chi connectivity index (χ3n) is 3.36. The minimum atomic E-state index is 0.107. The predicted octanol–water partition coefficient (Wildman–Crippen LogP) is 4.21. The molecule has 0 saturated carbocycles. The van der Waals surface area contributed by atoms with Crippen molar-refractivity contribution in [1.82, 2.24) is 9.88 Å². The number of aromatic nitrogens is 1. The molecule has 0 radical (unpaired) electrons. The highest BCUT2D eigenvalue weighted by molar-refractivity contribution is 9.10. The van der Waals surface area contributed by atoms with Crippen LogP contribution in [0.25, 0.3) is 0 Å². The maximum atomic E-state index is 12.3. The van der Waals surface area contributed by atoms with Crippen molar-refractivity contribution >= 4 is 33.6 Å². The van der Waals surface area contributed by atoms with E-state index in [2.05, 4.69) is 46.9 Å². The third-order valence-corrected chi connectivity index (χ3v) is 5.35. The van der Waals surface area contributed by atoms with E-state index < -0.39 is 0 Å². The molecule has 0 fully saturated rings. The highest BCUT2D eigenvalue weighted by atomic mass is 79.9. The van der Waals surface area contributed by atoms with Gasteiger partial charge in [0.05, 0.1) is 18.0 Å². The maximum absolute atomic E-state index is 12.3. The van der Waals surface area contributed by atoms with Crippen LogP contribution in [0.1, 0.15) is 16.8 Å². The predicted molar refractivity (Wildman–Crippen MR) is 95.1 cm³/mol. The molecule has 1 amide bonds. The van der Waals surface area contributed by atoms with Gasteiger partial charge in [-0.2, -0.15) is 0 Å². The minimum Gasteiger partial charge on any atom is -0.339 e. The molecular formula is C17H19BrN2OS. The molecule has 0 unspecified atom stereocenters. The summed E-state index contributed by atoms with van der Waals surface area (Å²) in [6.07, 6.45) is 1.75. The van der Waals surface area contributed by atoms with Crippen molar-refractivity contribution in [2.24, 2.45) is 0 Å². The first-order valence-corrected chi connectivity index (χ1v) is 8.78. The Hall–Kier alpha value is -1.33. The van der Waals surface area contributed by atoms with Gasteiger partial charge in [0.1, 0.15) is 0 Å². The zero-order valence-electron chi connectivity index (χ0n) is 13.0. The van der Waals surface area contributed by atoms with E-state index in [1.807, 2.05) is 25.2 Å². The molecule has 0 spiro atoms. The molecule has 1 heterocycles. The molecule has 0 N–H and O–H groups in total. The quantitative estimate of drug-likeness (QED) is 0.730. The highest BCUT2D eigenvalue weighted by Gasteiger charge is 2.12. The van der Waals surface area contributed by atoms with Gasteiger partial charge in [-0.3, -0.25) is 9.78 Å². The summed E-state index contributed by atoms with van der Waals surface area (Å²) in [7, 11) is 1.82. The standard InChI is InChI=1S/C17H19BrN2OS/c1-12-9-16(13(2)8-15(12)18)22-11-17(21)20(3)10-14-6-4-5-7-19-14/h4-9H,10-11H2,1-3H3. The van der Waals surface area contributed by atoms with Crippen LogP contribution in [-0.2, 0) is 11.3 Å². The van der Waals surface area contributed by atoms with Gasteiger partial charge in [0.15, 0.2) is 0 Å². The van der Waals surface area contributed by atoms with E-state index in [1.165, 1.54) is 11.1 Å². The molecule has 22 heavy (non-hydrogen) atoms. The Balaban J connectivity index is 1.94. The summed E-state index contributed by atoms with van der Waals surface area (Å²) in [6, 6.07) is 9.96. The molecule has 1 aromatic carbocycles. The SMILES string of the molecule is Cc1cc(SCC(=O)N(C)Cc2ccccn2)c(C)cc1Br. The van der Waals surface area contributed by atoms with Crippen LogP contribution in [0.15, 0.2) is 45.9 Å². The normalized spacial score (nSPS) is 10.5. The van der Waals surface area contributed by atoms with Gasteiger partial charge in [-0.05, 0) is 49.2 Å². The average Bonchev–Trinajstić information content (AvgIpc) is 2.50. The van der Waals surface area contributed by atoms with Crippen molar-refractivity contribution in [3.05, 3.63) is 57.8 Å². The third kappa shape index (κ3) is 4.58. The Bertz CT molecular complexity index is 661. The lowest BCUT2D eigenvalue weighted by Gasteiger charge is -2.17. The zero-order valence-corrected chi connectivity index (χ0v) is 15.4. The molecule has 1 aromatic heterocycles. The van der Waals surface area contributed by atoms with Crippen LogP contribution < -0.4 is 0 Å². The summed E-state index contributed by atoms with van der Waals surface area (Å²) < 4.78 is 1.10. The van der Waals surface area contributed by atoms with E-state index in [4.69, 9.17) is 0 Å². The molecule has 116 valence electrons. The summed E-state index contributed by atoms with van der Waals surface area (Å²) in [5, 5.41) is 0. The molecule has 2 rings (SSSR count). The number of amides is 1. The van der Waals surface area contributed by atoms with Crippen molar-refractivity contribution in [1.29, 1.82) is 0 Å². The number of rotatable bonds is 5. The zero-order chi connectivity index (χ0) is 16.1. The first-order chi connectivity index (χ1) is 10.5. The molecule has 0 aliphatic carbocycles. The Morgan fingerprint density at radius 2 is 2.05 bits per heavy atom. The average molecular weight is 379 g/mol. The second-order valence-corrected chi connectivity index (χ2v) is 7.10. The van der Waals surface area contributed by atoms with Crippen molar-refractivity contribution in [2.75, 3.05) is 12.8 Å². The van der Waals surface area contributed by atoms with Crippen molar-refractivity contribution in [2.45, 2.75) is 25.3 Å². The molecule has 0 saturated heterocycles. The number of halogens is 1. The van der Waals surface area contributed by atoms with Gasteiger partial charge < -0.3 is 4.90 Å². The van der Waals surface area contributed by atoms with Crippen LogP contribution in [0.4, 0.5) is 0 Å². The molecule has 3 nitrogen and oxygen atoms in total. The van der Waals surface area contributed by atoms with Crippen LogP contribution >= 0.6 is 27.7 Å². The first-order valence-electron chi connectivity index (χ1n) is 7.01. The van der Waals surface area contributed by atoms with Crippen LogP contribution in [0.2, 0.25) is 0 Å². The van der Waals surface area contributed by atoms with E-state index >= 15 is 0 Å². The maximum Gasteiger partial charge on any atom is 0.233 e. The van der Waals surface area contributed by atoms with Crippen molar-refractivity contribution < 1.29 is 4.79 Å². The number of thioether (sulfide) groups is 1. The van der Waals surface area contributed by atoms with Crippen LogP contribution in [0, 0.1) is 13.8 Å². The first kappa shape index (κ1) is 17.0. The second-order valence-electron chi connectivity index (χ2n) is 5.23. The van der Waals surface area contributed by atoms with E-state index in [0.717, 1.165) is 15.1 Å². The lowest BCUT2D eigenvalue weighted by Crippen LogP contribution is -2.28. The number of hydrogen-bond donors (Lipinski definition) is 0. The molecule has 2 aromatic rings. The van der Waals surface area contributed by atoms with E-state index in [1.54, 1.807) is 22.9 Å². The Morgan fingerprint density at radius 1 is 1.27 bits per heavy atom.